The van der Waals surface area contributed by atoms with Crippen LogP contribution < -0.4 is 4.72 Å². The van der Waals surface area contributed by atoms with Crippen molar-refractivity contribution >= 4 is 21.7 Å². The van der Waals surface area contributed by atoms with E-state index in [2.05, 4.69) is 9.71 Å². The molecule has 0 aromatic carbocycles. The molecule has 1 fully saturated rings. The zero-order valence-corrected chi connectivity index (χ0v) is 12.8. The molecule has 0 bridgehead atoms. The second kappa shape index (κ2) is 5.98. The highest BCUT2D eigenvalue weighted by atomic mass is 32.2. The Bertz CT molecular complexity index is 632. The van der Waals surface area contributed by atoms with Crippen molar-refractivity contribution in [2.24, 2.45) is 0 Å². The van der Waals surface area contributed by atoms with Crippen molar-refractivity contribution in [3.8, 4) is 0 Å². The molecule has 0 aliphatic carbocycles. The van der Waals surface area contributed by atoms with E-state index in [9.17, 15) is 18.3 Å². The molecule has 1 aliphatic heterocycles. The van der Waals surface area contributed by atoms with Crippen LogP contribution in [0.5, 0.6) is 0 Å². The number of nitrogens with zero attached hydrogens (tertiary/aromatic N) is 2. The van der Waals surface area contributed by atoms with E-state index < -0.39 is 10.0 Å². The number of amides is 1. The molecule has 2 atom stereocenters. The van der Waals surface area contributed by atoms with E-state index in [1.165, 1.54) is 12.3 Å². The smallest absolute Gasteiger partial charge is 0.254 e. The Balaban J connectivity index is 2.18. The highest BCUT2D eigenvalue weighted by Gasteiger charge is 2.28. The van der Waals surface area contributed by atoms with Gasteiger partial charge < -0.3 is 10.0 Å². The molecule has 1 aromatic rings. The molecule has 2 heterocycles. The number of aromatic nitrogens is 1. The number of hydrogen-bond donors (Lipinski definition) is 2. The van der Waals surface area contributed by atoms with Gasteiger partial charge in [-0.05, 0) is 31.9 Å². The van der Waals surface area contributed by atoms with E-state index in [-0.39, 0.29) is 23.9 Å². The molecule has 1 aromatic heterocycles. The minimum atomic E-state index is -3.43. The highest BCUT2D eigenvalue weighted by Crippen LogP contribution is 2.20. The van der Waals surface area contributed by atoms with Gasteiger partial charge in [0.1, 0.15) is 5.82 Å². The predicted octanol–water partition coefficient (Wildman–Crippen LogP) is 0.439. The van der Waals surface area contributed by atoms with Crippen molar-refractivity contribution in [2.45, 2.75) is 31.9 Å². The Hall–Kier alpha value is -1.67. The van der Waals surface area contributed by atoms with Crippen LogP contribution in [0.25, 0.3) is 0 Å². The average Bonchev–Trinajstić information content (AvgIpc) is 2.36. The molecular formula is C13H19N3O4S. The van der Waals surface area contributed by atoms with Gasteiger partial charge in [0.25, 0.3) is 5.91 Å². The molecule has 1 saturated heterocycles. The summed E-state index contributed by atoms with van der Waals surface area (Å²) >= 11 is 0. The van der Waals surface area contributed by atoms with Gasteiger partial charge in [0.15, 0.2) is 0 Å². The third-order valence-corrected chi connectivity index (χ3v) is 3.99. The van der Waals surface area contributed by atoms with Crippen molar-refractivity contribution in [3.05, 3.63) is 23.9 Å². The fourth-order valence-electron chi connectivity index (χ4n) is 2.42. The van der Waals surface area contributed by atoms with Crippen molar-refractivity contribution in [1.82, 2.24) is 9.88 Å². The second-order valence-corrected chi connectivity index (χ2v) is 7.08. The van der Waals surface area contributed by atoms with Gasteiger partial charge in [0.05, 0.1) is 12.4 Å². The number of nitrogens with one attached hydrogen (secondary N) is 1. The van der Waals surface area contributed by atoms with Crippen molar-refractivity contribution < 1.29 is 18.3 Å². The van der Waals surface area contributed by atoms with Crippen molar-refractivity contribution in [2.75, 3.05) is 17.5 Å². The lowest BCUT2D eigenvalue weighted by Gasteiger charge is -2.35. The zero-order valence-electron chi connectivity index (χ0n) is 12.0. The maximum absolute atomic E-state index is 12.5. The van der Waals surface area contributed by atoms with Crippen LogP contribution in [0.3, 0.4) is 0 Å². The normalized spacial score (nSPS) is 22.9. The molecule has 8 heteroatoms. The van der Waals surface area contributed by atoms with Crippen LogP contribution >= 0.6 is 0 Å². The Morgan fingerprint density at radius 1 is 1.52 bits per heavy atom. The number of aliphatic hydroxyl groups is 1. The highest BCUT2D eigenvalue weighted by molar-refractivity contribution is 7.92. The Kier molecular flexibility index (Phi) is 4.48. The number of hydrogen-bond acceptors (Lipinski definition) is 5. The summed E-state index contributed by atoms with van der Waals surface area (Å²) in [5, 5.41) is 9.60. The Morgan fingerprint density at radius 2 is 2.24 bits per heavy atom. The fraction of sp³-hybridized carbons (Fsp3) is 0.538. The van der Waals surface area contributed by atoms with Gasteiger partial charge in [-0.1, -0.05) is 0 Å². The number of rotatable bonds is 3. The van der Waals surface area contributed by atoms with E-state index in [0.717, 1.165) is 6.26 Å². The summed E-state index contributed by atoms with van der Waals surface area (Å²) in [7, 11) is -3.43. The first-order chi connectivity index (χ1) is 9.76. The molecule has 0 saturated carbocycles. The van der Waals surface area contributed by atoms with Crippen molar-refractivity contribution in [1.29, 1.82) is 0 Å². The standard InChI is InChI=1S/C13H19N3O4S/c1-9-7-11(17)4-6-16(9)13(18)10-3-5-14-12(8-10)15-21(2,19)20/h3,5,8-9,11,17H,4,6-7H2,1-2H3,(H,14,15)/t9-,11?/m1/s1. The largest absolute Gasteiger partial charge is 0.393 e. The number of carbonyl (C=O) groups is 1. The van der Waals surface area contributed by atoms with Crippen LogP contribution in [-0.2, 0) is 10.0 Å². The lowest BCUT2D eigenvalue weighted by atomic mass is 10.00. The number of pyridine rings is 1. The van der Waals surface area contributed by atoms with Crippen LogP contribution in [-0.4, -0.2) is 54.3 Å². The van der Waals surface area contributed by atoms with E-state index in [4.69, 9.17) is 0 Å². The molecule has 1 amide bonds. The molecule has 0 spiro atoms. The summed E-state index contributed by atoms with van der Waals surface area (Å²) in [6, 6.07) is 2.91. The van der Waals surface area contributed by atoms with Crippen LogP contribution in [0.1, 0.15) is 30.1 Å². The summed E-state index contributed by atoms with van der Waals surface area (Å²) in [6.45, 7) is 2.37. The van der Waals surface area contributed by atoms with Crippen LogP contribution in [0, 0.1) is 0 Å². The molecule has 0 radical (unpaired) electrons. The molecule has 1 aliphatic rings. The third kappa shape index (κ3) is 4.15. The summed E-state index contributed by atoms with van der Waals surface area (Å²) < 4.78 is 24.6. The number of anilines is 1. The molecule has 2 N–H and O–H groups in total. The molecule has 21 heavy (non-hydrogen) atoms. The van der Waals surface area contributed by atoms with E-state index in [1.807, 2.05) is 6.92 Å². The predicted molar refractivity (Wildman–Crippen MR) is 78.4 cm³/mol. The van der Waals surface area contributed by atoms with Gasteiger partial charge in [-0.25, -0.2) is 13.4 Å². The SMILES string of the molecule is C[C@@H]1CC(O)CCN1C(=O)c1ccnc(NS(C)(=O)=O)c1. The number of piperidine rings is 1. The van der Waals surface area contributed by atoms with Crippen LogP contribution in [0.2, 0.25) is 0 Å². The lowest BCUT2D eigenvalue weighted by Crippen LogP contribution is -2.46. The minimum absolute atomic E-state index is 0.0549. The van der Waals surface area contributed by atoms with Crippen molar-refractivity contribution in [3.63, 3.8) is 0 Å². The summed E-state index contributed by atoms with van der Waals surface area (Å²) in [6.07, 6.45) is 3.14. The minimum Gasteiger partial charge on any atom is -0.393 e. The maximum Gasteiger partial charge on any atom is 0.254 e. The molecule has 7 nitrogen and oxygen atoms in total. The number of sulfonamides is 1. The molecule has 116 valence electrons. The quantitative estimate of drug-likeness (QED) is 0.843. The Labute approximate surface area is 124 Å². The van der Waals surface area contributed by atoms with Gasteiger partial charge >= 0.3 is 0 Å². The first-order valence-electron chi connectivity index (χ1n) is 6.69. The second-order valence-electron chi connectivity index (χ2n) is 5.33. The third-order valence-electron chi connectivity index (χ3n) is 3.41. The number of likely N-dealkylation sites (tertiary alicyclic amines) is 1. The number of aliphatic hydroxyl groups excluding tert-OH is 1. The molecule has 1 unspecified atom stereocenters. The van der Waals surface area contributed by atoms with Gasteiger partial charge in [0.2, 0.25) is 10.0 Å². The topological polar surface area (TPSA) is 99.6 Å². The van der Waals surface area contributed by atoms with E-state index in [1.54, 1.807) is 11.0 Å². The Morgan fingerprint density at radius 3 is 2.86 bits per heavy atom. The maximum atomic E-state index is 12.5. The lowest BCUT2D eigenvalue weighted by molar-refractivity contribution is 0.0365. The average molecular weight is 313 g/mol. The number of carbonyl (C=O) groups excluding carboxylic acids is 1. The van der Waals surface area contributed by atoms with Gasteiger partial charge in [-0.3, -0.25) is 9.52 Å². The molecular weight excluding hydrogens is 294 g/mol. The van der Waals surface area contributed by atoms with Crippen LogP contribution in [0.15, 0.2) is 18.3 Å². The van der Waals surface area contributed by atoms with E-state index >= 15 is 0 Å². The van der Waals surface area contributed by atoms with Gasteiger partial charge in [0, 0.05) is 24.3 Å². The van der Waals surface area contributed by atoms with Gasteiger partial charge in [-0.2, -0.15) is 0 Å². The zero-order chi connectivity index (χ0) is 15.6. The summed E-state index contributed by atoms with van der Waals surface area (Å²) in [5.74, 6) is -0.0681. The van der Waals surface area contributed by atoms with Gasteiger partial charge in [-0.15, -0.1) is 0 Å². The molecule has 2 rings (SSSR count). The first kappa shape index (κ1) is 15.7. The first-order valence-corrected chi connectivity index (χ1v) is 8.58. The monoisotopic (exact) mass is 313 g/mol. The van der Waals surface area contributed by atoms with E-state index in [0.29, 0.717) is 24.9 Å². The summed E-state index contributed by atoms with van der Waals surface area (Å²) in [5.41, 5.74) is 0.374. The van der Waals surface area contributed by atoms with Crippen LogP contribution in [0.4, 0.5) is 5.82 Å². The fourth-order valence-corrected chi connectivity index (χ4v) is 2.92. The summed E-state index contributed by atoms with van der Waals surface area (Å²) in [4.78, 5) is 18.0.